The number of methoxy groups -OCH3 is 1. The fraction of sp³-hybridized carbons (Fsp3) is 0.133. The smallest absolute Gasteiger partial charge is 0.317 e. The van der Waals surface area contributed by atoms with E-state index in [9.17, 15) is 14.9 Å². The SMILES string of the molecule is COC(=O)C(c1ccccc1)c1cc(Br)ccc1[N+](=O)[O-]. The minimum Gasteiger partial charge on any atom is -0.468 e. The van der Waals surface area contributed by atoms with Crippen molar-refractivity contribution in [1.29, 1.82) is 0 Å². The Bertz CT molecular complexity index is 673. The van der Waals surface area contributed by atoms with E-state index in [0.717, 1.165) is 0 Å². The number of ether oxygens (including phenoxy) is 1. The molecule has 0 aliphatic carbocycles. The molecule has 21 heavy (non-hydrogen) atoms. The summed E-state index contributed by atoms with van der Waals surface area (Å²) in [5.74, 6) is -1.38. The first kappa shape index (κ1) is 15.2. The molecule has 0 bridgehead atoms. The van der Waals surface area contributed by atoms with Gasteiger partial charge in [0, 0.05) is 16.1 Å². The fourth-order valence-electron chi connectivity index (χ4n) is 2.13. The number of benzene rings is 2. The number of carbonyl (C=O) groups excluding carboxylic acids is 1. The minimum atomic E-state index is -0.839. The lowest BCUT2D eigenvalue weighted by atomic mass is 9.90. The van der Waals surface area contributed by atoms with Crippen LogP contribution >= 0.6 is 15.9 Å². The van der Waals surface area contributed by atoms with Crippen LogP contribution in [-0.2, 0) is 9.53 Å². The number of halogens is 1. The number of hydrogen-bond donors (Lipinski definition) is 0. The van der Waals surface area contributed by atoms with Crippen molar-refractivity contribution in [1.82, 2.24) is 0 Å². The van der Waals surface area contributed by atoms with Crippen molar-refractivity contribution in [3.05, 3.63) is 74.2 Å². The van der Waals surface area contributed by atoms with Crippen LogP contribution in [0.2, 0.25) is 0 Å². The number of carbonyl (C=O) groups is 1. The zero-order valence-electron chi connectivity index (χ0n) is 11.2. The molecule has 0 aliphatic heterocycles. The van der Waals surface area contributed by atoms with Gasteiger partial charge in [0.1, 0.15) is 5.92 Å². The molecule has 0 aromatic heterocycles. The van der Waals surface area contributed by atoms with Crippen LogP contribution in [0.3, 0.4) is 0 Å². The molecule has 0 radical (unpaired) electrons. The predicted octanol–water partition coefficient (Wildman–Crippen LogP) is 3.66. The maximum atomic E-state index is 12.1. The third-order valence-corrected chi connectivity index (χ3v) is 3.56. The maximum Gasteiger partial charge on any atom is 0.317 e. The van der Waals surface area contributed by atoms with E-state index in [2.05, 4.69) is 15.9 Å². The van der Waals surface area contributed by atoms with E-state index in [1.807, 2.05) is 6.07 Å². The predicted molar refractivity (Wildman–Crippen MR) is 81.1 cm³/mol. The zero-order chi connectivity index (χ0) is 15.4. The Hall–Kier alpha value is -2.21. The normalized spacial score (nSPS) is 11.7. The van der Waals surface area contributed by atoms with Gasteiger partial charge in [-0.05, 0) is 17.7 Å². The van der Waals surface area contributed by atoms with E-state index in [1.54, 1.807) is 36.4 Å². The molecule has 108 valence electrons. The lowest BCUT2D eigenvalue weighted by Crippen LogP contribution is -2.17. The first-order chi connectivity index (χ1) is 10.0. The van der Waals surface area contributed by atoms with E-state index >= 15 is 0 Å². The standard InChI is InChI=1S/C15H12BrNO4/c1-21-15(18)14(10-5-3-2-4-6-10)12-9-11(16)7-8-13(12)17(19)20/h2-9,14H,1H3. The second-order valence-electron chi connectivity index (χ2n) is 4.33. The monoisotopic (exact) mass is 349 g/mol. The van der Waals surface area contributed by atoms with Gasteiger partial charge in [-0.2, -0.15) is 0 Å². The molecule has 2 aromatic carbocycles. The first-order valence-electron chi connectivity index (χ1n) is 6.11. The molecule has 0 N–H and O–H groups in total. The third-order valence-electron chi connectivity index (χ3n) is 3.07. The number of nitro groups is 1. The molecule has 6 heteroatoms. The van der Waals surface area contributed by atoms with Crippen LogP contribution in [0.4, 0.5) is 5.69 Å². The number of hydrogen-bond acceptors (Lipinski definition) is 4. The van der Waals surface area contributed by atoms with Crippen LogP contribution in [0.25, 0.3) is 0 Å². The molecule has 0 heterocycles. The summed E-state index contributed by atoms with van der Waals surface area (Å²) >= 11 is 3.28. The zero-order valence-corrected chi connectivity index (χ0v) is 12.7. The fourth-order valence-corrected chi connectivity index (χ4v) is 2.51. The summed E-state index contributed by atoms with van der Waals surface area (Å²) in [7, 11) is 1.27. The Morgan fingerprint density at radius 2 is 1.90 bits per heavy atom. The average molecular weight is 350 g/mol. The lowest BCUT2D eigenvalue weighted by Gasteiger charge is -2.16. The topological polar surface area (TPSA) is 69.4 Å². The van der Waals surface area contributed by atoms with Crippen molar-refractivity contribution >= 4 is 27.6 Å². The molecule has 0 saturated carbocycles. The van der Waals surface area contributed by atoms with Crippen LogP contribution in [0.1, 0.15) is 17.0 Å². The Kier molecular flexibility index (Phi) is 4.70. The molecule has 2 rings (SSSR count). The second kappa shape index (κ2) is 6.49. The van der Waals surface area contributed by atoms with Crippen LogP contribution in [0.5, 0.6) is 0 Å². The highest BCUT2D eigenvalue weighted by molar-refractivity contribution is 9.10. The molecular formula is C15H12BrNO4. The van der Waals surface area contributed by atoms with Gasteiger partial charge in [-0.3, -0.25) is 14.9 Å². The molecule has 0 aliphatic rings. The number of nitro benzene ring substituents is 1. The molecule has 0 spiro atoms. The maximum absolute atomic E-state index is 12.1. The highest BCUT2D eigenvalue weighted by Crippen LogP contribution is 2.34. The van der Waals surface area contributed by atoms with E-state index < -0.39 is 16.8 Å². The van der Waals surface area contributed by atoms with Gasteiger partial charge in [0.15, 0.2) is 0 Å². The largest absolute Gasteiger partial charge is 0.468 e. The van der Waals surface area contributed by atoms with Crippen LogP contribution < -0.4 is 0 Å². The Balaban J connectivity index is 2.65. The Labute approximate surface area is 129 Å². The molecule has 5 nitrogen and oxygen atoms in total. The van der Waals surface area contributed by atoms with Gasteiger partial charge in [0.2, 0.25) is 0 Å². The Morgan fingerprint density at radius 3 is 2.48 bits per heavy atom. The average Bonchev–Trinajstić information content (AvgIpc) is 2.48. The summed E-state index contributed by atoms with van der Waals surface area (Å²) in [5, 5.41) is 11.2. The second-order valence-corrected chi connectivity index (χ2v) is 5.24. The summed E-state index contributed by atoms with van der Waals surface area (Å²) in [6.07, 6.45) is 0. The van der Waals surface area contributed by atoms with Gasteiger partial charge >= 0.3 is 5.97 Å². The highest BCUT2D eigenvalue weighted by Gasteiger charge is 2.30. The van der Waals surface area contributed by atoms with Crippen LogP contribution in [0, 0.1) is 10.1 Å². The molecule has 1 atom stereocenters. The minimum absolute atomic E-state index is 0.113. The summed E-state index contributed by atoms with van der Waals surface area (Å²) in [6, 6.07) is 13.4. The lowest BCUT2D eigenvalue weighted by molar-refractivity contribution is -0.385. The van der Waals surface area contributed by atoms with Gasteiger partial charge < -0.3 is 4.74 Å². The quantitative estimate of drug-likeness (QED) is 0.479. The summed E-state index contributed by atoms with van der Waals surface area (Å²) < 4.78 is 5.48. The molecule has 1 unspecified atom stereocenters. The first-order valence-corrected chi connectivity index (χ1v) is 6.90. The van der Waals surface area contributed by atoms with Crippen molar-refractivity contribution in [2.24, 2.45) is 0 Å². The highest BCUT2D eigenvalue weighted by atomic mass is 79.9. The molecule has 0 amide bonds. The molecule has 0 fully saturated rings. The van der Waals surface area contributed by atoms with Crippen molar-refractivity contribution in [3.8, 4) is 0 Å². The van der Waals surface area contributed by atoms with Gasteiger partial charge in [-0.1, -0.05) is 46.3 Å². The number of esters is 1. The van der Waals surface area contributed by atoms with E-state index in [1.165, 1.54) is 13.2 Å². The molecule has 0 saturated heterocycles. The van der Waals surface area contributed by atoms with Crippen LogP contribution in [0.15, 0.2) is 53.0 Å². The van der Waals surface area contributed by atoms with Gasteiger partial charge in [-0.15, -0.1) is 0 Å². The van der Waals surface area contributed by atoms with E-state index in [-0.39, 0.29) is 5.69 Å². The summed E-state index contributed by atoms with van der Waals surface area (Å²) in [4.78, 5) is 22.9. The van der Waals surface area contributed by atoms with E-state index in [4.69, 9.17) is 4.74 Å². The molecular weight excluding hydrogens is 338 g/mol. The van der Waals surface area contributed by atoms with Crippen molar-refractivity contribution < 1.29 is 14.5 Å². The third kappa shape index (κ3) is 3.28. The van der Waals surface area contributed by atoms with E-state index in [0.29, 0.717) is 15.6 Å². The summed E-state index contributed by atoms with van der Waals surface area (Å²) in [5.41, 5.74) is 0.829. The number of rotatable bonds is 4. The summed E-state index contributed by atoms with van der Waals surface area (Å²) in [6.45, 7) is 0. The molecule has 2 aromatic rings. The van der Waals surface area contributed by atoms with Crippen molar-refractivity contribution in [2.75, 3.05) is 7.11 Å². The Morgan fingerprint density at radius 1 is 1.24 bits per heavy atom. The van der Waals surface area contributed by atoms with Gasteiger partial charge in [0.05, 0.1) is 12.0 Å². The van der Waals surface area contributed by atoms with Gasteiger partial charge in [0.25, 0.3) is 5.69 Å². The van der Waals surface area contributed by atoms with Crippen molar-refractivity contribution in [2.45, 2.75) is 5.92 Å². The van der Waals surface area contributed by atoms with Crippen LogP contribution in [-0.4, -0.2) is 18.0 Å². The van der Waals surface area contributed by atoms with Crippen molar-refractivity contribution in [3.63, 3.8) is 0 Å². The number of nitrogens with zero attached hydrogens (tertiary/aromatic N) is 1. The van der Waals surface area contributed by atoms with Gasteiger partial charge in [-0.25, -0.2) is 0 Å².